The van der Waals surface area contributed by atoms with Crippen LogP contribution >= 0.6 is 43.2 Å². The third kappa shape index (κ3) is 3.41. The zero-order valence-electron chi connectivity index (χ0n) is 10.2. The first-order valence-corrected chi connectivity index (χ1v) is 8.00. The molecule has 1 aromatic heterocycles. The first-order chi connectivity index (χ1) is 8.45. The monoisotopic (exact) mass is 388 g/mol. The summed E-state index contributed by atoms with van der Waals surface area (Å²) in [6.07, 6.45) is 0.780. The minimum Gasteiger partial charge on any atom is -0.324 e. The quantitative estimate of drug-likeness (QED) is 0.837. The number of nitrogens with two attached hydrogens (primary N) is 1. The average molecular weight is 390 g/mol. The Balaban J connectivity index is 2.18. The summed E-state index contributed by atoms with van der Waals surface area (Å²) in [5, 5.41) is 1.11. The van der Waals surface area contributed by atoms with E-state index >= 15 is 0 Å². The van der Waals surface area contributed by atoms with Gasteiger partial charge in [0.15, 0.2) is 0 Å². The van der Waals surface area contributed by atoms with Crippen LogP contribution in [0, 0.1) is 13.8 Å². The molecule has 1 heterocycles. The number of aryl methyl sites for hydroxylation is 2. The molecule has 2 nitrogen and oxygen atoms in total. The van der Waals surface area contributed by atoms with Crippen molar-refractivity contribution in [1.82, 2.24) is 4.98 Å². The van der Waals surface area contributed by atoms with E-state index in [2.05, 4.69) is 55.9 Å². The first kappa shape index (κ1) is 14.2. The van der Waals surface area contributed by atoms with E-state index in [1.807, 2.05) is 13.0 Å². The van der Waals surface area contributed by atoms with Crippen molar-refractivity contribution in [3.63, 3.8) is 0 Å². The zero-order valence-corrected chi connectivity index (χ0v) is 14.2. The third-order valence-electron chi connectivity index (χ3n) is 2.78. The van der Waals surface area contributed by atoms with Gasteiger partial charge in [0.05, 0.1) is 10.7 Å². The van der Waals surface area contributed by atoms with Crippen molar-refractivity contribution < 1.29 is 0 Å². The molecule has 0 amide bonds. The molecular formula is C13H14Br2N2S. The third-order valence-corrected chi connectivity index (χ3v) is 4.79. The molecule has 2 aromatic rings. The smallest absolute Gasteiger partial charge is 0.0949 e. The molecular weight excluding hydrogens is 376 g/mol. The Hall–Kier alpha value is -0.230. The van der Waals surface area contributed by atoms with E-state index in [1.165, 1.54) is 4.88 Å². The van der Waals surface area contributed by atoms with Crippen molar-refractivity contribution in [1.29, 1.82) is 0 Å². The highest BCUT2D eigenvalue weighted by molar-refractivity contribution is 9.11. The molecule has 0 fully saturated rings. The fourth-order valence-corrected chi connectivity index (χ4v) is 4.04. The van der Waals surface area contributed by atoms with Gasteiger partial charge in [0.2, 0.25) is 0 Å². The topological polar surface area (TPSA) is 38.9 Å². The molecule has 0 aliphatic carbocycles. The van der Waals surface area contributed by atoms with Crippen molar-refractivity contribution in [3.8, 4) is 0 Å². The predicted octanol–water partition coefficient (Wildman–Crippen LogP) is 4.53. The number of rotatable bonds is 3. The number of benzene rings is 1. The molecule has 2 rings (SSSR count). The summed E-state index contributed by atoms with van der Waals surface area (Å²) in [6, 6.07) is 6.10. The van der Waals surface area contributed by atoms with Gasteiger partial charge in [-0.2, -0.15) is 0 Å². The molecule has 1 aromatic carbocycles. The second-order valence-electron chi connectivity index (χ2n) is 4.26. The maximum atomic E-state index is 6.25. The molecule has 0 aliphatic heterocycles. The highest BCUT2D eigenvalue weighted by Crippen LogP contribution is 2.26. The molecule has 0 spiro atoms. The minimum absolute atomic E-state index is 0.0243. The van der Waals surface area contributed by atoms with Crippen molar-refractivity contribution in [3.05, 3.63) is 48.3 Å². The highest BCUT2D eigenvalue weighted by Gasteiger charge is 2.12. The van der Waals surface area contributed by atoms with E-state index < -0.39 is 0 Å². The van der Waals surface area contributed by atoms with E-state index in [1.54, 1.807) is 11.3 Å². The normalized spacial score (nSPS) is 12.7. The van der Waals surface area contributed by atoms with Crippen molar-refractivity contribution >= 4 is 43.2 Å². The van der Waals surface area contributed by atoms with Crippen LogP contribution in [0.4, 0.5) is 0 Å². The average Bonchev–Trinajstić information content (AvgIpc) is 2.56. The van der Waals surface area contributed by atoms with Crippen LogP contribution in [-0.2, 0) is 6.42 Å². The van der Waals surface area contributed by atoms with Crippen molar-refractivity contribution in [2.24, 2.45) is 5.73 Å². The number of aromatic nitrogens is 1. The van der Waals surface area contributed by atoms with Gasteiger partial charge >= 0.3 is 0 Å². The van der Waals surface area contributed by atoms with Gasteiger partial charge in [-0.05, 0) is 37.6 Å². The van der Waals surface area contributed by atoms with E-state index in [9.17, 15) is 0 Å². The number of nitrogens with zero attached hydrogens (tertiary/aromatic N) is 1. The van der Waals surface area contributed by atoms with E-state index in [0.717, 1.165) is 31.6 Å². The maximum absolute atomic E-state index is 6.25. The van der Waals surface area contributed by atoms with Gasteiger partial charge in [0.1, 0.15) is 0 Å². The molecule has 0 saturated carbocycles. The lowest BCUT2D eigenvalue weighted by Crippen LogP contribution is -2.13. The number of hydrogen-bond acceptors (Lipinski definition) is 3. The maximum Gasteiger partial charge on any atom is 0.0949 e. The standard InChI is InChI=1S/C13H14Br2N2S/c1-7-8(2)18-13(17-7)6-12(16)9-3-10(14)5-11(15)4-9/h3-5,12H,6,16H2,1-2H3. The molecule has 96 valence electrons. The van der Waals surface area contributed by atoms with Crippen LogP contribution in [0.1, 0.15) is 27.2 Å². The molecule has 0 bridgehead atoms. The van der Waals surface area contributed by atoms with Gasteiger partial charge < -0.3 is 5.73 Å². The SMILES string of the molecule is Cc1nc(CC(N)c2cc(Br)cc(Br)c2)sc1C. The zero-order chi connectivity index (χ0) is 13.3. The fraction of sp³-hybridized carbons (Fsp3) is 0.308. The Bertz CT molecular complexity index is 526. The predicted molar refractivity (Wildman–Crippen MR) is 84.1 cm³/mol. The minimum atomic E-state index is -0.0243. The van der Waals surface area contributed by atoms with Crippen LogP contribution in [-0.4, -0.2) is 4.98 Å². The fourth-order valence-electron chi connectivity index (χ4n) is 1.72. The summed E-state index contributed by atoms with van der Waals surface area (Å²) >= 11 is 8.70. The van der Waals surface area contributed by atoms with Gasteiger partial charge in [-0.1, -0.05) is 31.9 Å². The summed E-state index contributed by atoms with van der Waals surface area (Å²) in [5.74, 6) is 0. The van der Waals surface area contributed by atoms with Crippen molar-refractivity contribution in [2.75, 3.05) is 0 Å². The molecule has 1 unspecified atom stereocenters. The van der Waals surface area contributed by atoms with Crippen LogP contribution in [0.2, 0.25) is 0 Å². The Kier molecular flexibility index (Phi) is 4.59. The molecule has 0 saturated heterocycles. The molecule has 0 aliphatic rings. The van der Waals surface area contributed by atoms with Crippen LogP contribution in [0.3, 0.4) is 0 Å². The first-order valence-electron chi connectivity index (χ1n) is 5.60. The Labute approximate surface area is 128 Å². The van der Waals surface area contributed by atoms with E-state index in [0.29, 0.717) is 0 Å². The Morgan fingerprint density at radius 2 is 1.83 bits per heavy atom. The summed E-state index contributed by atoms with van der Waals surface area (Å²) in [4.78, 5) is 5.81. The van der Waals surface area contributed by atoms with Crippen LogP contribution in [0.5, 0.6) is 0 Å². The summed E-state index contributed by atoms with van der Waals surface area (Å²) in [7, 11) is 0. The lowest BCUT2D eigenvalue weighted by atomic mass is 10.1. The van der Waals surface area contributed by atoms with Crippen molar-refractivity contribution in [2.45, 2.75) is 26.3 Å². The lowest BCUT2D eigenvalue weighted by molar-refractivity contribution is 0.715. The van der Waals surface area contributed by atoms with Crippen LogP contribution in [0.15, 0.2) is 27.1 Å². The van der Waals surface area contributed by atoms with Gasteiger partial charge in [-0.3, -0.25) is 0 Å². The number of halogens is 2. The van der Waals surface area contributed by atoms with E-state index in [4.69, 9.17) is 5.73 Å². The number of thiazole rings is 1. The van der Waals surface area contributed by atoms with Gasteiger partial charge in [0, 0.05) is 26.3 Å². The molecule has 5 heteroatoms. The lowest BCUT2D eigenvalue weighted by Gasteiger charge is -2.11. The summed E-state index contributed by atoms with van der Waals surface area (Å²) < 4.78 is 2.07. The highest BCUT2D eigenvalue weighted by atomic mass is 79.9. The van der Waals surface area contributed by atoms with Crippen LogP contribution < -0.4 is 5.73 Å². The van der Waals surface area contributed by atoms with Gasteiger partial charge in [-0.25, -0.2) is 4.98 Å². The Morgan fingerprint density at radius 3 is 2.33 bits per heavy atom. The van der Waals surface area contributed by atoms with E-state index in [-0.39, 0.29) is 6.04 Å². The molecule has 1 atom stereocenters. The molecule has 2 N–H and O–H groups in total. The second-order valence-corrected chi connectivity index (χ2v) is 7.38. The second kappa shape index (κ2) is 5.82. The van der Waals surface area contributed by atoms with Gasteiger partial charge in [0.25, 0.3) is 0 Å². The Morgan fingerprint density at radius 1 is 1.22 bits per heavy atom. The number of hydrogen-bond donors (Lipinski definition) is 1. The summed E-state index contributed by atoms with van der Waals surface area (Å²) in [6.45, 7) is 4.13. The molecule has 18 heavy (non-hydrogen) atoms. The van der Waals surface area contributed by atoms with Crippen LogP contribution in [0.25, 0.3) is 0 Å². The largest absolute Gasteiger partial charge is 0.324 e. The summed E-state index contributed by atoms with van der Waals surface area (Å²) in [5.41, 5.74) is 8.47. The molecule has 0 radical (unpaired) electrons. The van der Waals surface area contributed by atoms with Gasteiger partial charge in [-0.15, -0.1) is 11.3 Å².